The van der Waals surface area contributed by atoms with E-state index in [-0.39, 0.29) is 5.91 Å². The molecule has 0 radical (unpaired) electrons. The second-order valence-electron chi connectivity index (χ2n) is 5.86. The first-order valence-electron chi connectivity index (χ1n) is 8.27. The van der Waals surface area contributed by atoms with Gasteiger partial charge in [-0.05, 0) is 35.2 Å². The minimum absolute atomic E-state index is 0.182. The van der Waals surface area contributed by atoms with Crippen molar-refractivity contribution >= 4 is 17.5 Å². The van der Waals surface area contributed by atoms with Gasteiger partial charge in [0, 0.05) is 30.5 Å². The number of nitrogens with zero attached hydrogens (tertiary/aromatic N) is 2. The fraction of sp³-hybridized carbons (Fsp3) is 0.200. The Morgan fingerprint density at radius 2 is 1.68 bits per heavy atom. The molecule has 0 unspecified atom stereocenters. The van der Waals surface area contributed by atoms with E-state index >= 15 is 0 Å². The number of amides is 1. The molecular formula is C20H20ClN3O. The first kappa shape index (κ1) is 17.2. The van der Waals surface area contributed by atoms with Crippen molar-refractivity contribution in [3.8, 4) is 0 Å². The first-order valence-corrected chi connectivity index (χ1v) is 8.65. The van der Waals surface area contributed by atoms with Crippen LogP contribution in [0.5, 0.6) is 0 Å². The Bertz CT molecular complexity index is 838. The van der Waals surface area contributed by atoms with E-state index in [4.69, 9.17) is 11.6 Å². The molecule has 128 valence electrons. The molecule has 0 aliphatic heterocycles. The van der Waals surface area contributed by atoms with Crippen LogP contribution >= 0.6 is 11.6 Å². The Balaban J connectivity index is 1.64. The molecule has 0 aliphatic rings. The summed E-state index contributed by atoms with van der Waals surface area (Å²) in [6, 6.07) is 15.8. The van der Waals surface area contributed by atoms with Crippen LogP contribution in [0.4, 0.5) is 0 Å². The first-order chi connectivity index (χ1) is 12.2. The third-order valence-electron chi connectivity index (χ3n) is 4.07. The largest absolute Gasteiger partial charge is 0.345 e. The second-order valence-corrected chi connectivity index (χ2v) is 6.29. The topological polar surface area (TPSA) is 46.9 Å². The van der Waals surface area contributed by atoms with Crippen LogP contribution in [0.25, 0.3) is 0 Å². The van der Waals surface area contributed by atoms with Crippen molar-refractivity contribution in [2.24, 2.45) is 0 Å². The summed E-state index contributed by atoms with van der Waals surface area (Å²) in [5, 5.41) is 3.63. The molecule has 1 heterocycles. The standard InChI is InChI=1S/C20H20ClN3O/c1-2-15-3-5-16(6-4-15)13-23-20(25)19-22-11-12-24(19)14-17-7-9-18(21)10-8-17/h3-12H,2,13-14H2,1H3,(H,23,25). The number of imidazole rings is 1. The lowest BCUT2D eigenvalue weighted by molar-refractivity contribution is 0.0936. The molecule has 25 heavy (non-hydrogen) atoms. The van der Waals surface area contributed by atoms with Crippen LogP contribution in [-0.2, 0) is 19.5 Å². The highest BCUT2D eigenvalue weighted by Crippen LogP contribution is 2.12. The molecule has 3 rings (SSSR count). The van der Waals surface area contributed by atoms with Crippen molar-refractivity contribution in [2.45, 2.75) is 26.4 Å². The number of aryl methyl sites for hydroxylation is 1. The van der Waals surface area contributed by atoms with Gasteiger partial charge >= 0.3 is 0 Å². The normalized spacial score (nSPS) is 10.6. The molecule has 0 saturated carbocycles. The van der Waals surface area contributed by atoms with E-state index in [1.54, 1.807) is 12.4 Å². The highest BCUT2D eigenvalue weighted by atomic mass is 35.5. The molecule has 4 nitrogen and oxygen atoms in total. The van der Waals surface area contributed by atoms with Crippen LogP contribution in [0.3, 0.4) is 0 Å². The zero-order chi connectivity index (χ0) is 17.6. The summed E-state index contributed by atoms with van der Waals surface area (Å²) < 4.78 is 1.83. The van der Waals surface area contributed by atoms with E-state index < -0.39 is 0 Å². The van der Waals surface area contributed by atoms with Crippen LogP contribution in [0.2, 0.25) is 5.02 Å². The zero-order valence-corrected chi connectivity index (χ0v) is 14.8. The maximum Gasteiger partial charge on any atom is 0.287 e. The van der Waals surface area contributed by atoms with Crippen molar-refractivity contribution in [1.29, 1.82) is 0 Å². The van der Waals surface area contributed by atoms with Crippen molar-refractivity contribution in [1.82, 2.24) is 14.9 Å². The van der Waals surface area contributed by atoms with E-state index in [9.17, 15) is 4.79 Å². The molecule has 5 heteroatoms. The number of carbonyl (C=O) groups excluding carboxylic acids is 1. The molecule has 1 N–H and O–H groups in total. The van der Waals surface area contributed by atoms with Crippen molar-refractivity contribution in [3.63, 3.8) is 0 Å². The maximum absolute atomic E-state index is 12.5. The lowest BCUT2D eigenvalue weighted by Crippen LogP contribution is -2.26. The summed E-state index contributed by atoms with van der Waals surface area (Å²) in [6.45, 7) is 3.18. The molecule has 2 aromatic carbocycles. The molecule has 0 spiro atoms. The second kappa shape index (κ2) is 7.99. The third-order valence-corrected chi connectivity index (χ3v) is 4.32. The van der Waals surface area contributed by atoms with Gasteiger partial charge in [-0.1, -0.05) is 54.9 Å². The maximum atomic E-state index is 12.5. The monoisotopic (exact) mass is 353 g/mol. The molecule has 0 fully saturated rings. The van der Waals surface area contributed by atoms with Crippen molar-refractivity contribution in [3.05, 3.63) is 88.5 Å². The van der Waals surface area contributed by atoms with Gasteiger partial charge in [0.15, 0.2) is 5.82 Å². The summed E-state index contributed by atoms with van der Waals surface area (Å²) in [6.07, 6.45) is 4.45. The number of aromatic nitrogens is 2. The number of hydrogen-bond acceptors (Lipinski definition) is 2. The highest BCUT2D eigenvalue weighted by molar-refractivity contribution is 6.30. The van der Waals surface area contributed by atoms with Gasteiger partial charge in [0.05, 0.1) is 0 Å². The fourth-order valence-corrected chi connectivity index (χ4v) is 2.71. The Hall–Kier alpha value is -2.59. The molecule has 1 amide bonds. The van der Waals surface area contributed by atoms with Crippen LogP contribution in [0, 0.1) is 0 Å². The number of carbonyl (C=O) groups is 1. The highest BCUT2D eigenvalue weighted by Gasteiger charge is 2.12. The Morgan fingerprint density at radius 3 is 2.36 bits per heavy atom. The molecular weight excluding hydrogens is 334 g/mol. The molecule has 1 aromatic heterocycles. The minimum Gasteiger partial charge on any atom is -0.345 e. The molecule has 0 saturated heterocycles. The average Bonchev–Trinajstić information content (AvgIpc) is 3.10. The lowest BCUT2D eigenvalue weighted by atomic mass is 10.1. The number of rotatable bonds is 6. The number of nitrogens with one attached hydrogen (secondary N) is 1. The molecule has 0 bridgehead atoms. The van der Waals surface area contributed by atoms with Gasteiger partial charge < -0.3 is 9.88 Å². The van der Waals surface area contributed by atoms with Crippen molar-refractivity contribution in [2.75, 3.05) is 0 Å². The fourth-order valence-electron chi connectivity index (χ4n) is 2.59. The van der Waals surface area contributed by atoms with Gasteiger partial charge in [0.1, 0.15) is 0 Å². The number of benzene rings is 2. The summed E-state index contributed by atoms with van der Waals surface area (Å²) in [7, 11) is 0. The third kappa shape index (κ3) is 4.48. The van der Waals surface area contributed by atoms with Gasteiger partial charge in [-0.25, -0.2) is 4.98 Å². The van der Waals surface area contributed by atoms with Gasteiger partial charge in [-0.15, -0.1) is 0 Å². The van der Waals surface area contributed by atoms with E-state index in [0.29, 0.717) is 23.9 Å². The van der Waals surface area contributed by atoms with Crippen LogP contribution in [0.1, 0.15) is 34.2 Å². The van der Waals surface area contributed by atoms with E-state index in [2.05, 4.69) is 29.4 Å². The Kier molecular flexibility index (Phi) is 5.51. The predicted octanol–water partition coefficient (Wildman–Crippen LogP) is 4.08. The molecule has 0 aliphatic carbocycles. The van der Waals surface area contributed by atoms with Gasteiger partial charge in [-0.3, -0.25) is 4.79 Å². The molecule has 3 aromatic rings. The smallest absolute Gasteiger partial charge is 0.287 e. The summed E-state index contributed by atoms with van der Waals surface area (Å²) in [5.41, 5.74) is 3.42. The van der Waals surface area contributed by atoms with Crippen molar-refractivity contribution < 1.29 is 4.79 Å². The minimum atomic E-state index is -0.182. The van der Waals surface area contributed by atoms with Gasteiger partial charge in [0.2, 0.25) is 0 Å². The predicted molar refractivity (Wildman–Crippen MR) is 99.8 cm³/mol. The zero-order valence-electron chi connectivity index (χ0n) is 14.1. The molecule has 0 atom stereocenters. The number of halogens is 1. The summed E-state index contributed by atoms with van der Waals surface area (Å²) >= 11 is 5.91. The van der Waals surface area contributed by atoms with E-state index in [1.807, 2.05) is 41.0 Å². The van der Waals surface area contributed by atoms with Crippen LogP contribution in [-0.4, -0.2) is 15.5 Å². The van der Waals surface area contributed by atoms with Gasteiger partial charge in [-0.2, -0.15) is 0 Å². The van der Waals surface area contributed by atoms with Crippen LogP contribution in [0.15, 0.2) is 60.9 Å². The van der Waals surface area contributed by atoms with E-state index in [1.165, 1.54) is 5.56 Å². The van der Waals surface area contributed by atoms with Crippen LogP contribution < -0.4 is 5.32 Å². The average molecular weight is 354 g/mol. The Labute approximate surface area is 152 Å². The van der Waals surface area contributed by atoms with E-state index in [0.717, 1.165) is 17.5 Å². The summed E-state index contributed by atoms with van der Waals surface area (Å²) in [5.74, 6) is 0.221. The number of hydrogen-bond donors (Lipinski definition) is 1. The quantitative estimate of drug-likeness (QED) is 0.726. The Morgan fingerprint density at radius 1 is 1.04 bits per heavy atom. The SMILES string of the molecule is CCc1ccc(CNC(=O)c2nccn2Cc2ccc(Cl)cc2)cc1. The summed E-state index contributed by atoms with van der Waals surface area (Å²) in [4.78, 5) is 16.6. The lowest BCUT2D eigenvalue weighted by Gasteiger charge is -2.09. The van der Waals surface area contributed by atoms with Gasteiger partial charge in [0.25, 0.3) is 5.91 Å².